The Morgan fingerprint density at radius 3 is 2.58 bits per heavy atom. The van der Waals surface area contributed by atoms with Crippen LogP contribution in [0, 0.1) is 0 Å². The zero-order valence-corrected chi connectivity index (χ0v) is 22.4. The minimum absolute atomic E-state index is 0.0379. The van der Waals surface area contributed by atoms with Crippen molar-refractivity contribution >= 4 is 29.5 Å². The molecule has 0 radical (unpaired) electrons. The summed E-state index contributed by atoms with van der Waals surface area (Å²) in [7, 11) is 3.37. The fourth-order valence-corrected chi connectivity index (χ4v) is 3.88. The van der Waals surface area contributed by atoms with Gasteiger partial charge in [-0.25, -0.2) is 0 Å². The van der Waals surface area contributed by atoms with Crippen molar-refractivity contribution < 1.29 is 14.7 Å². The fraction of sp³-hybridized carbons (Fsp3) is 0.310. The second kappa shape index (κ2) is 13.5. The Hall–Kier alpha value is -3.51. The van der Waals surface area contributed by atoms with E-state index < -0.39 is 0 Å². The van der Waals surface area contributed by atoms with E-state index >= 15 is 0 Å². The van der Waals surface area contributed by atoms with Crippen LogP contribution in [0.15, 0.2) is 83.9 Å². The minimum Gasteiger partial charge on any atom is -0.507 e. The number of amides is 2. The van der Waals surface area contributed by atoms with E-state index in [0.29, 0.717) is 41.9 Å². The summed E-state index contributed by atoms with van der Waals surface area (Å²) in [5.74, 6) is 0.426. The van der Waals surface area contributed by atoms with Crippen molar-refractivity contribution in [2.75, 3.05) is 26.5 Å². The summed E-state index contributed by atoms with van der Waals surface area (Å²) in [5.41, 5.74) is 4.81. The normalized spacial score (nSPS) is 18.9. The van der Waals surface area contributed by atoms with Crippen LogP contribution in [0.5, 0.6) is 0 Å². The van der Waals surface area contributed by atoms with E-state index in [1.807, 2.05) is 32.1 Å². The van der Waals surface area contributed by atoms with Crippen LogP contribution in [0.2, 0.25) is 0 Å². The molecule has 36 heavy (non-hydrogen) atoms. The first-order valence-corrected chi connectivity index (χ1v) is 12.5. The molecule has 7 heteroatoms. The van der Waals surface area contributed by atoms with E-state index in [-0.39, 0.29) is 17.6 Å². The third kappa shape index (κ3) is 7.01. The number of hydrogen-bond donors (Lipinski definition) is 2. The van der Waals surface area contributed by atoms with Gasteiger partial charge in [-0.1, -0.05) is 57.4 Å². The maximum atomic E-state index is 13.5. The summed E-state index contributed by atoms with van der Waals surface area (Å²) in [4.78, 5) is 32.3. The summed E-state index contributed by atoms with van der Waals surface area (Å²) < 4.78 is 0. The highest BCUT2D eigenvalue weighted by Gasteiger charge is 2.28. The number of likely N-dealkylation sites (N-methyl/N-ethyl adjacent to an activating group) is 1. The smallest absolute Gasteiger partial charge is 0.274 e. The SMILES string of the molecule is C=C/C(=C\c1cc(C(=O)N2CCC3=C2/C=C(/O)C(=C)/C=C\C=C/C3)[nH]c1CC)C(=O)N(C)C.CCCl. The van der Waals surface area contributed by atoms with E-state index in [4.69, 9.17) is 11.6 Å². The molecular weight excluding hydrogens is 474 g/mol. The van der Waals surface area contributed by atoms with Gasteiger partial charge in [-0.05, 0) is 42.5 Å². The summed E-state index contributed by atoms with van der Waals surface area (Å²) in [5, 5.41) is 10.5. The molecule has 3 rings (SSSR count). The standard InChI is InChI=1S/C27H31N3O3.C2H5Cl/c1-6-19(26(32)29(4)5)15-21-16-23(28-22(21)7-2)27(33)30-14-13-20-12-10-8-9-11-18(3)25(31)17-24(20)30;1-2-3/h6,8-11,15-17,28,31H,1,3,7,12-14H2,2,4-5H3;2H2,1H3/b10-8-,11-9-,19-15+,25-17+;. The van der Waals surface area contributed by atoms with Crippen molar-refractivity contribution in [2.24, 2.45) is 0 Å². The number of nitrogens with one attached hydrogen (secondary N) is 1. The van der Waals surface area contributed by atoms with Crippen LogP contribution in [0.1, 0.15) is 48.4 Å². The van der Waals surface area contributed by atoms with Crippen LogP contribution >= 0.6 is 11.6 Å². The van der Waals surface area contributed by atoms with E-state index in [1.165, 1.54) is 11.0 Å². The van der Waals surface area contributed by atoms with Gasteiger partial charge in [-0.3, -0.25) is 9.59 Å². The van der Waals surface area contributed by atoms with Crippen LogP contribution in [0.4, 0.5) is 0 Å². The molecule has 0 saturated heterocycles. The molecular formula is C29H36ClN3O3. The average Bonchev–Trinajstić information content (AvgIpc) is 3.45. The maximum absolute atomic E-state index is 13.5. The number of aromatic nitrogens is 1. The number of halogens is 1. The van der Waals surface area contributed by atoms with Gasteiger partial charge < -0.3 is 19.9 Å². The number of aliphatic hydroxyl groups excluding tert-OH is 1. The number of carbonyl (C=O) groups is 2. The van der Waals surface area contributed by atoms with Gasteiger partial charge >= 0.3 is 0 Å². The lowest BCUT2D eigenvalue weighted by Gasteiger charge is -2.18. The average molecular weight is 510 g/mol. The van der Waals surface area contributed by atoms with Crippen LogP contribution in [-0.2, 0) is 11.2 Å². The van der Waals surface area contributed by atoms with Gasteiger partial charge in [0.2, 0.25) is 0 Å². The Balaban J connectivity index is 0.00000145. The number of alkyl halides is 1. The molecule has 1 aliphatic carbocycles. The highest BCUT2D eigenvalue weighted by Crippen LogP contribution is 2.31. The Kier molecular flexibility index (Phi) is 10.8. The van der Waals surface area contributed by atoms with E-state index in [2.05, 4.69) is 18.1 Å². The lowest BCUT2D eigenvalue weighted by Crippen LogP contribution is -2.28. The molecule has 0 atom stereocenters. The van der Waals surface area contributed by atoms with Crippen molar-refractivity contribution in [1.82, 2.24) is 14.8 Å². The van der Waals surface area contributed by atoms with Gasteiger partial charge in [0.05, 0.1) is 0 Å². The number of carbonyl (C=O) groups excluding carboxylic acids is 2. The first-order chi connectivity index (χ1) is 17.2. The predicted octanol–water partition coefficient (Wildman–Crippen LogP) is 6.09. The molecule has 1 aromatic heterocycles. The molecule has 2 amide bonds. The number of aromatic amines is 1. The molecule has 2 N–H and O–H groups in total. The molecule has 0 unspecified atom stereocenters. The molecule has 0 bridgehead atoms. The molecule has 1 aliphatic heterocycles. The summed E-state index contributed by atoms with van der Waals surface area (Å²) in [6.45, 7) is 12.0. The molecule has 0 fully saturated rings. The number of aryl methyl sites for hydroxylation is 1. The zero-order chi connectivity index (χ0) is 26.8. The number of H-pyrrole nitrogens is 1. The quantitative estimate of drug-likeness (QED) is 0.286. The molecule has 6 nitrogen and oxygen atoms in total. The predicted molar refractivity (Wildman–Crippen MR) is 149 cm³/mol. The molecule has 0 spiro atoms. The van der Waals surface area contributed by atoms with E-state index in [1.54, 1.807) is 43.3 Å². The van der Waals surface area contributed by atoms with Crippen molar-refractivity contribution in [1.29, 1.82) is 0 Å². The van der Waals surface area contributed by atoms with E-state index in [9.17, 15) is 14.7 Å². The Labute approximate surface area is 219 Å². The summed E-state index contributed by atoms with van der Waals surface area (Å²) in [6, 6.07) is 1.78. The molecule has 2 aliphatic rings. The van der Waals surface area contributed by atoms with Crippen molar-refractivity contribution in [3.05, 3.63) is 101 Å². The topological polar surface area (TPSA) is 76.6 Å². The Bertz CT molecular complexity index is 1160. The largest absolute Gasteiger partial charge is 0.507 e. The van der Waals surface area contributed by atoms with Crippen LogP contribution in [0.3, 0.4) is 0 Å². The number of rotatable bonds is 5. The molecule has 2 heterocycles. The highest BCUT2D eigenvalue weighted by atomic mass is 35.5. The van der Waals surface area contributed by atoms with Crippen LogP contribution in [-0.4, -0.2) is 58.2 Å². The van der Waals surface area contributed by atoms with Crippen molar-refractivity contribution in [3.8, 4) is 0 Å². The minimum atomic E-state index is -0.181. The monoisotopic (exact) mass is 509 g/mol. The fourth-order valence-electron chi connectivity index (χ4n) is 3.88. The second-order valence-corrected chi connectivity index (χ2v) is 9.02. The van der Waals surface area contributed by atoms with E-state index in [0.717, 1.165) is 29.1 Å². The number of nitrogens with zero attached hydrogens (tertiary/aromatic N) is 2. The number of hydrogen-bond acceptors (Lipinski definition) is 3. The van der Waals surface area contributed by atoms with Gasteiger partial charge in [0, 0.05) is 55.1 Å². The lowest BCUT2D eigenvalue weighted by molar-refractivity contribution is -0.124. The van der Waals surface area contributed by atoms with Gasteiger partial charge in [0.1, 0.15) is 11.5 Å². The highest BCUT2D eigenvalue weighted by molar-refractivity contribution is 6.17. The molecule has 0 aromatic carbocycles. The number of allylic oxidation sites excluding steroid dienone is 5. The van der Waals surface area contributed by atoms with Crippen LogP contribution in [0.25, 0.3) is 6.08 Å². The summed E-state index contributed by atoms with van der Waals surface area (Å²) in [6.07, 6.45) is 14.5. The molecule has 1 aromatic rings. The zero-order valence-electron chi connectivity index (χ0n) is 21.6. The van der Waals surface area contributed by atoms with Crippen LogP contribution < -0.4 is 0 Å². The van der Waals surface area contributed by atoms with Gasteiger partial charge in [-0.2, -0.15) is 0 Å². The third-order valence-electron chi connectivity index (χ3n) is 5.75. The Morgan fingerprint density at radius 1 is 1.28 bits per heavy atom. The molecule has 192 valence electrons. The van der Waals surface area contributed by atoms with Gasteiger partial charge in [-0.15, -0.1) is 11.6 Å². The molecule has 0 saturated carbocycles. The van der Waals surface area contributed by atoms with Gasteiger partial charge in [0.25, 0.3) is 11.8 Å². The van der Waals surface area contributed by atoms with Gasteiger partial charge in [0.15, 0.2) is 0 Å². The van der Waals surface area contributed by atoms with Crippen molar-refractivity contribution in [3.63, 3.8) is 0 Å². The Morgan fingerprint density at radius 2 is 1.97 bits per heavy atom. The van der Waals surface area contributed by atoms with Crippen molar-refractivity contribution in [2.45, 2.75) is 33.1 Å². The lowest BCUT2D eigenvalue weighted by atomic mass is 10.1. The second-order valence-electron chi connectivity index (χ2n) is 8.48. The number of aliphatic hydroxyl groups is 1. The summed E-state index contributed by atoms with van der Waals surface area (Å²) >= 11 is 5.00. The first kappa shape index (κ1) is 28.7. The maximum Gasteiger partial charge on any atom is 0.274 e. The third-order valence-corrected chi connectivity index (χ3v) is 5.75. The first-order valence-electron chi connectivity index (χ1n) is 12.0.